The Morgan fingerprint density at radius 3 is 2.41 bits per heavy atom. The van der Waals surface area contributed by atoms with Crippen molar-refractivity contribution in [2.45, 2.75) is 23.8 Å². The Kier molecular flexibility index (Phi) is 5.58. The van der Waals surface area contributed by atoms with Gasteiger partial charge in [-0.2, -0.15) is 0 Å². The average molecular weight is 433 g/mol. The summed E-state index contributed by atoms with van der Waals surface area (Å²) in [5, 5.41) is 0.347. The van der Waals surface area contributed by atoms with Crippen LogP contribution in [0.5, 0.6) is 0 Å². The zero-order chi connectivity index (χ0) is 20.4. The third kappa shape index (κ3) is 4.29. The SMILES string of the molecule is COC1CCN(c2nc3ccccc3nc2NS(=O)(=O)c2cccc(Cl)c2)CC1. The van der Waals surface area contributed by atoms with E-state index in [1.54, 1.807) is 25.3 Å². The number of nitrogens with zero attached hydrogens (tertiary/aromatic N) is 3. The fraction of sp³-hybridized carbons (Fsp3) is 0.300. The van der Waals surface area contributed by atoms with Crippen LogP contribution >= 0.6 is 11.6 Å². The van der Waals surface area contributed by atoms with Crippen molar-refractivity contribution in [2.75, 3.05) is 29.8 Å². The molecule has 0 spiro atoms. The zero-order valence-corrected chi connectivity index (χ0v) is 17.4. The van der Waals surface area contributed by atoms with Crippen molar-refractivity contribution >= 4 is 44.3 Å². The van der Waals surface area contributed by atoms with Gasteiger partial charge >= 0.3 is 0 Å². The van der Waals surface area contributed by atoms with Crippen LogP contribution < -0.4 is 9.62 Å². The number of piperidine rings is 1. The van der Waals surface area contributed by atoms with E-state index in [1.165, 1.54) is 12.1 Å². The number of aromatic nitrogens is 2. The van der Waals surface area contributed by atoms with E-state index in [-0.39, 0.29) is 16.8 Å². The van der Waals surface area contributed by atoms with Crippen LogP contribution in [0.4, 0.5) is 11.6 Å². The summed E-state index contributed by atoms with van der Waals surface area (Å²) < 4.78 is 33.9. The Balaban J connectivity index is 1.74. The van der Waals surface area contributed by atoms with Crippen LogP contribution in [-0.4, -0.2) is 44.7 Å². The highest BCUT2D eigenvalue weighted by molar-refractivity contribution is 7.92. The van der Waals surface area contributed by atoms with Crippen molar-refractivity contribution < 1.29 is 13.2 Å². The Labute approximate surface area is 174 Å². The molecule has 2 heterocycles. The van der Waals surface area contributed by atoms with E-state index in [0.717, 1.165) is 12.8 Å². The lowest BCUT2D eigenvalue weighted by molar-refractivity contribution is 0.0818. The second kappa shape index (κ2) is 8.14. The summed E-state index contributed by atoms with van der Waals surface area (Å²) in [7, 11) is -2.16. The third-order valence-corrected chi connectivity index (χ3v) is 6.54. The molecule has 0 radical (unpaired) electrons. The summed E-state index contributed by atoms with van der Waals surface area (Å²) in [6, 6.07) is 13.5. The molecule has 0 bridgehead atoms. The normalized spacial score (nSPS) is 15.6. The summed E-state index contributed by atoms with van der Waals surface area (Å²) in [6.07, 6.45) is 1.88. The van der Waals surface area contributed by atoms with Gasteiger partial charge in [-0.1, -0.05) is 29.8 Å². The molecule has 2 aromatic carbocycles. The minimum Gasteiger partial charge on any atom is -0.381 e. The number of para-hydroxylation sites is 2. The van der Waals surface area contributed by atoms with E-state index < -0.39 is 10.0 Å². The third-order valence-electron chi connectivity index (χ3n) is 4.96. The maximum atomic E-state index is 12.9. The number of nitrogens with one attached hydrogen (secondary N) is 1. The lowest BCUT2D eigenvalue weighted by Gasteiger charge is -2.32. The topological polar surface area (TPSA) is 84.4 Å². The summed E-state index contributed by atoms with van der Waals surface area (Å²) >= 11 is 5.97. The molecular weight excluding hydrogens is 412 g/mol. The van der Waals surface area contributed by atoms with Gasteiger partial charge in [0, 0.05) is 25.2 Å². The van der Waals surface area contributed by atoms with E-state index in [9.17, 15) is 8.42 Å². The maximum Gasteiger partial charge on any atom is 0.263 e. The van der Waals surface area contributed by atoms with E-state index in [4.69, 9.17) is 21.3 Å². The van der Waals surface area contributed by atoms with Gasteiger partial charge < -0.3 is 9.64 Å². The van der Waals surface area contributed by atoms with Crippen molar-refractivity contribution in [1.82, 2.24) is 9.97 Å². The molecule has 152 valence electrons. The molecular formula is C20H21ClN4O3S. The number of halogens is 1. The number of fused-ring (bicyclic) bond motifs is 1. The van der Waals surface area contributed by atoms with E-state index in [1.807, 2.05) is 23.1 Å². The summed E-state index contributed by atoms with van der Waals surface area (Å²) in [6.45, 7) is 1.41. The van der Waals surface area contributed by atoms with Gasteiger partial charge in [0.25, 0.3) is 10.0 Å². The van der Waals surface area contributed by atoms with Crippen LogP contribution in [0.25, 0.3) is 11.0 Å². The number of rotatable bonds is 5. The van der Waals surface area contributed by atoms with Gasteiger partial charge in [0.1, 0.15) is 0 Å². The largest absolute Gasteiger partial charge is 0.381 e. The molecule has 9 heteroatoms. The Hall–Kier alpha value is -2.42. The lowest BCUT2D eigenvalue weighted by atomic mass is 10.1. The first-order valence-electron chi connectivity index (χ1n) is 9.29. The molecule has 0 unspecified atom stereocenters. The average Bonchev–Trinajstić information content (AvgIpc) is 2.73. The minimum absolute atomic E-state index is 0.0731. The molecule has 1 N–H and O–H groups in total. The Morgan fingerprint density at radius 1 is 1.07 bits per heavy atom. The zero-order valence-electron chi connectivity index (χ0n) is 15.9. The van der Waals surface area contributed by atoms with Gasteiger partial charge in [-0.15, -0.1) is 0 Å². The van der Waals surface area contributed by atoms with E-state index in [2.05, 4.69) is 9.71 Å². The first kappa shape index (κ1) is 19.9. The molecule has 0 aliphatic carbocycles. The van der Waals surface area contributed by atoms with Crippen LogP contribution in [0.2, 0.25) is 5.02 Å². The van der Waals surface area contributed by atoms with Gasteiger partial charge in [-0.25, -0.2) is 18.4 Å². The van der Waals surface area contributed by atoms with E-state index >= 15 is 0 Å². The molecule has 1 aliphatic heterocycles. The van der Waals surface area contributed by atoms with Gasteiger partial charge in [-0.3, -0.25) is 4.72 Å². The molecule has 1 aromatic heterocycles. The van der Waals surface area contributed by atoms with Crippen LogP contribution in [0, 0.1) is 0 Å². The number of sulfonamides is 1. The van der Waals surface area contributed by atoms with Gasteiger partial charge in [0.05, 0.1) is 22.0 Å². The highest BCUT2D eigenvalue weighted by atomic mass is 35.5. The minimum atomic E-state index is -3.87. The quantitative estimate of drug-likeness (QED) is 0.661. The van der Waals surface area contributed by atoms with Crippen molar-refractivity contribution in [3.05, 3.63) is 53.6 Å². The summed E-state index contributed by atoms with van der Waals surface area (Å²) in [5.74, 6) is 0.725. The van der Waals surface area contributed by atoms with Crippen LogP contribution in [0.15, 0.2) is 53.4 Å². The molecule has 0 amide bonds. The molecule has 0 atom stereocenters. The predicted molar refractivity (Wildman–Crippen MR) is 114 cm³/mol. The second-order valence-corrected chi connectivity index (χ2v) is 8.99. The van der Waals surface area contributed by atoms with E-state index in [0.29, 0.717) is 35.0 Å². The first-order chi connectivity index (χ1) is 14.0. The number of hydrogen-bond acceptors (Lipinski definition) is 6. The Morgan fingerprint density at radius 2 is 1.76 bits per heavy atom. The number of benzene rings is 2. The molecule has 29 heavy (non-hydrogen) atoms. The molecule has 3 aromatic rings. The highest BCUT2D eigenvalue weighted by Crippen LogP contribution is 2.30. The molecule has 1 aliphatic rings. The fourth-order valence-corrected chi connectivity index (χ4v) is 4.71. The standard InChI is InChI=1S/C20H21ClN4O3S/c1-28-15-9-11-25(12-10-15)20-19(22-17-7-2-3-8-18(17)23-20)24-29(26,27)16-6-4-5-14(21)13-16/h2-8,13,15H,9-12H2,1H3,(H,22,24). The predicted octanol–water partition coefficient (Wildman–Crippen LogP) is 3.70. The Bertz CT molecular complexity index is 1130. The summed E-state index contributed by atoms with van der Waals surface area (Å²) in [5.41, 5.74) is 1.33. The number of ether oxygens (including phenoxy) is 1. The second-order valence-electron chi connectivity index (χ2n) is 6.87. The highest BCUT2D eigenvalue weighted by Gasteiger charge is 2.25. The number of methoxy groups -OCH3 is 1. The molecule has 7 nitrogen and oxygen atoms in total. The molecule has 0 saturated carbocycles. The van der Waals surface area contributed by atoms with Gasteiger partial charge in [0.15, 0.2) is 11.6 Å². The smallest absolute Gasteiger partial charge is 0.263 e. The number of anilines is 2. The molecule has 1 fully saturated rings. The van der Waals surface area contributed by atoms with Crippen LogP contribution in [0.1, 0.15) is 12.8 Å². The molecule has 1 saturated heterocycles. The van der Waals surface area contributed by atoms with Crippen molar-refractivity contribution in [3.63, 3.8) is 0 Å². The van der Waals surface area contributed by atoms with Crippen LogP contribution in [-0.2, 0) is 14.8 Å². The van der Waals surface area contributed by atoms with Crippen molar-refractivity contribution in [1.29, 1.82) is 0 Å². The van der Waals surface area contributed by atoms with Gasteiger partial charge in [0.2, 0.25) is 0 Å². The number of hydrogen-bond donors (Lipinski definition) is 1. The maximum absolute atomic E-state index is 12.9. The molecule has 4 rings (SSSR count). The van der Waals surface area contributed by atoms with Gasteiger partial charge in [-0.05, 0) is 43.2 Å². The summed E-state index contributed by atoms with van der Waals surface area (Å²) in [4.78, 5) is 11.4. The van der Waals surface area contributed by atoms with Crippen LogP contribution in [0.3, 0.4) is 0 Å². The van der Waals surface area contributed by atoms with Crippen molar-refractivity contribution in [3.8, 4) is 0 Å². The lowest BCUT2D eigenvalue weighted by Crippen LogP contribution is -2.37. The first-order valence-corrected chi connectivity index (χ1v) is 11.2. The fourth-order valence-electron chi connectivity index (χ4n) is 3.40. The van der Waals surface area contributed by atoms with Crippen molar-refractivity contribution in [2.24, 2.45) is 0 Å². The monoisotopic (exact) mass is 432 g/mol.